The average molecular weight is 297 g/mol. The van der Waals surface area contributed by atoms with Gasteiger partial charge in [-0.05, 0) is 37.1 Å². The third-order valence-corrected chi connectivity index (χ3v) is 3.31. The Labute approximate surface area is 130 Å². The van der Waals surface area contributed by atoms with Gasteiger partial charge in [-0.3, -0.25) is 4.79 Å². The number of benzene rings is 2. The summed E-state index contributed by atoms with van der Waals surface area (Å²) >= 11 is 0. The molecule has 0 radical (unpaired) electrons. The van der Waals surface area contributed by atoms with Crippen LogP contribution < -0.4 is 5.32 Å². The summed E-state index contributed by atoms with van der Waals surface area (Å²) in [5.41, 5.74) is 2.87. The van der Waals surface area contributed by atoms with Crippen LogP contribution in [-0.4, -0.2) is 18.5 Å². The molecule has 1 amide bonds. The van der Waals surface area contributed by atoms with E-state index < -0.39 is 5.97 Å². The molecular weight excluding hydrogens is 278 g/mol. The van der Waals surface area contributed by atoms with E-state index in [-0.39, 0.29) is 12.3 Å². The molecule has 4 nitrogen and oxygen atoms in total. The highest BCUT2D eigenvalue weighted by molar-refractivity contribution is 6.01. The molecule has 4 heteroatoms. The minimum atomic E-state index is -0.436. The molecule has 2 aromatic rings. The van der Waals surface area contributed by atoms with Crippen molar-refractivity contribution in [1.29, 1.82) is 0 Å². The lowest BCUT2D eigenvalue weighted by molar-refractivity contribution is -0.115. The second kappa shape index (κ2) is 7.41. The number of hydrogen-bond donors (Lipinski definition) is 1. The van der Waals surface area contributed by atoms with Gasteiger partial charge >= 0.3 is 5.97 Å². The van der Waals surface area contributed by atoms with Crippen LogP contribution in [0.4, 0.5) is 5.69 Å². The number of aryl methyl sites for hydroxylation is 1. The molecule has 0 saturated heterocycles. The molecule has 22 heavy (non-hydrogen) atoms. The zero-order valence-corrected chi connectivity index (χ0v) is 12.8. The third kappa shape index (κ3) is 3.95. The minimum Gasteiger partial charge on any atom is -0.462 e. The molecule has 0 atom stereocenters. The SMILES string of the molecule is CCOC(=O)c1ccccc1NC(=O)Cc1ccccc1C. The van der Waals surface area contributed by atoms with Gasteiger partial charge in [0.1, 0.15) is 0 Å². The van der Waals surface area contributed by atoms with Crippen molar-refractivity contribution in [1.82, 2.24) is 0 Å². The van der Waals surface area contributed by atoms with Gasteiger partial charge in [-0.15, -0.1) is 0 Å². The van der Waals surface area contributed by atoms with Crippen LogP contribution in [0.2, 0.25) is 0 Å². The first kappa shape index (κ1) is 15.8. The molecule has 0 saturated carbocycles. The van der Waals surface area contributed by atoms with Gasteiger partial charge in [0, 0.05) is 0 Å². The highest BCUT2D eigenvalue weighted by Gasteiger charge is 2.14. The normalized spacial score (nSPS) is 10.1. The van der Waals surface area contributed by atoms with Crippen LogP contribution in [0, 0.1) is 6.92 Å². The van der Waals surface area contributed by atoms with E-state index in [1.807, 2.05) is 31.2 Å². The predicted molar refractivity (Wildman–Crippen MR) is 85.9 cm³/mol. The Balaban J connectivity index is 2.12. The summed E-state index contributed by atoms with van der Waals surface area (Å²) in [5, 5.41) is 2.79. The maximum absolute atomic E-state index is 12.2. The summed E-state index contributed by atoms with van der Waals surface area (Å²) in [4.78, 5) is 24.1. The molecular formula is C18H19NO3. The largest absolute Gasteiger partial charge is 0.462 e. The number of amides is 1. The van der Waals surface area contributed by atoms with E-state index in [2.05, 4.69) is 5.32 Å². The van der Waals surface area contributed by atoms with Crippen LogP contribution >= 0.6 is 0 Å². The van der Waals surface area contributed by atoms with Gasteiger partial charge in [0.25, 0.3) is 0 Å². The molecule has 0 aromatic heterocycles. The fourth-order valence-corrected chi connectivity index (χ4v) is 2.15. The molecule has 2 rings (SSSR count). The smallest absolute Gasteiger partial charge is 0.340 e. The van der Waals surface area contributed by atoms with Crippen LogP contribution in [0.5, 0.6) is 0 Å². The number of nitrogens with one attached hydrogen (secondary N) is 1. The highest BCUT2D eigenvalue weighted by atomic mass is 16.5. The zero-order chi connectivity index (χ0) is 15.9. The fourth-order valence-electron chi connectivity index (χ4n) is 2.15. The van der Waals surface area contributed by atoms with Crippen molar-refractivity contribution in [3.05, 3.63) is 65.2 Å². The number of rotatable bonds is 5. The summed E-state index contributed by atoms with van der Waals surface area (Å²) < 4.78 is 5.00. The summed E-state index contributed by atoms with van der Waals surface area (Å²) in [5.74, 6) is -0.597. The van der Waals surface area contributed by atoms with Crippen molar-refractivity contribution in [2.24, 2.45) is 0 Å². The van der Waals surface area contributed by atoms with E-state index >= 15 is 0 Å². The van der Waals surface area contributed by atoms with Crippen molar-refractivity contribution in [2.75, 3.05) is 11.9 Å². The molecule has 114 valence electrons. The number of carbonyl (C=O) groups excluding carboxylic acids is 2. The second-order valence-corrected chi connectivity index (χ2v) is 4.92. The Kier molecular flexibility index (Phi) is 5.31. The first-order valence-electron chi connectivity index (χ1n) is 7.22. The van der Waals surface area contributed by atoms with Crippen molar-refractivity contribution in [2.45, 2.75) is 20.3 Å². The summed E-state index contributed by atoms with van der Waals surface area (Å²) in [6.45, 7) is 4.01. The van der Waals surface area contributed by atoms with Gasteiger partial charge in [-0.2, -0.15) is 0 Å². The van der Waals surface area contributed by atoms with E-state index in [4.69, 9.17) is 4.74 Å². The van der Waals surface area contributed by atoms with Gasteiger partial charge < -0.3 is 10.1 Å². The lowest BCUT2D eigenvalue weighted by Gasteiger charge is -2.11. The molecule has 2 aromatic carbocycles. The fraction of sp³-hybridized carbons (Fsp3) is 0.222. The van der Waals surface area contributed by atoms with E-state index in [0.29, 0.717) is 17.9 Å². The predicted octanol–water partition coefficient (Wildman–Crippen LogP) is 3.35. The summed E-state index contributed by atoms with van der Waals surface area (Å²) in [6, 6.07) is 14.6. The van der Waals surface area contributed by atoms with Gasteiger partial charge in [-0.1, -0.05) is 36.4 Å². The lowest BCUT2D eigenvalue weighted by atomic mass is 10.1. The van der Waals surface area contributed by atoms with Crippen LogP contribution in [0.3, 0.4) is 0 Å². The van der Waals surface area contributed by atoms with Crippen LogP contribution in [0.25, 0.3) is 0 Å². The molecule has 0 bridgehead atoms. The van der Waals surface area contributed by atoms with Gasteiger partial charge in [0.2, 0.25) is 5.91 Å². The van der Waals surface area contributed by atoms with Crippen LogP contribution in [-0.2, 0) is 16.0 Å². The average Bonchev–Trinajstić information content (AvgIpc) is 2.50. The second-order valence-electron chi connectivity index (χ2n) is 4.92. The first-order valence-corrected chi connectivity index (χ1v) is 7.22. The number of para-hydroxylation sites is 1. The van der Waals surface area contributed by atoms with E-state index in [1.165, 1.54) is 0 Å². The van der Waals surface area contributed by atoms with E-state index in [9.17, 15) is 9.59 Å². The number of anilines is 1. The number of esters is 1. The molecule has 1 N–H and O–H groups in total. The topological polar surface area (TPSA) is 55.4 Å². The van der Waals surface area contributed by atoms with E-state index in [0.717, 1.165) is 11.1 Å². The van der Waals surface area contributed by atoms with Crippen molar-refractivity contribution in [3.8, 4) is 0 Å². The molecule has 0 fully saturated rings. The van der Waals surface area contributed by atoms with Crippen LogP contribution in [0.15, 0.2) is 48.5 Å². The highest BCUT2D eigenvalue weighted by Crippen LogP contribution is 2.17. The molecule has 0 spiro atoms. The Morgan fingerprint density at radius 1 is 1.05 bits per heavy atom. The van der Waals surface area contributed by atoms with Crippen LogP contribution in [0.1, 0.15) is 28.4 Å². The monoisotopic (exact) mass is 297 g/mol. The Bertz CT molecular complexity index is 680. The lowest BCUT2D eigenvalue weighted by Crippen LogP contribution is -2.18. The van der Waals surface area contributed by atoms with Gasteiger partial charge in [0.05, 0.1) is 24.3 Å². The van der Waals surface area contributed by atoms with Crippen molar-refractivity contribution < 1.29 is 14.3 Å². The van der Waals surface area contributed by atoms with Gasteiger partial charge in [-0.25, -0.2) is 4.79 Å². The number of ether oxygens (including phenoxy) is 1. The summed E-state index contributed by atoms with van der Waals surface area (Å²) in [6.07, 6.45) is 0.268. The van der Waals surface area contributed by atoms with Crippen molar-refractivity contribution >= 4 is 17.6 Å². The molecule has 0 aliphatic rings. The summed E-state index contributed by atoms with van der Waals surface area (Å²) in [7, 11) is 0. The quantitative estimate of drug-likeness (QED) is 0.861. The first-order chi connectivity index (χ1) is 10.6. The Morgan fingerprint density at radius 2 is 1.73 bits per heavy atom. The maximum Gasteiger partial charge on any atom is 0.340 e. The number of carbonyl (C=O) groups is 2. The number of hydrogen-bond acceptors (Lipinski definition) is 3. The minimum absolute atomic E-state index is 0.161. The molecule has 0 aliphatic carbocycles. The Hall–Kier alpha value is -2.62. The molecule has 0 aliphatic heterocycles. The standard InChI is InChI=1S/C18H19NO3/c1-3-22-18(21)15-10-6-7-11-16(15)19-17(20)12-14-9-5-4-8-13(14)2/h4-11H,3,12H2,1-2H3,(H,19,20). The van der Waals surface area contributed by atoms with Gasteiger partial charge in [0.15, 0.2) is 0 Å². The molecule has 0 unspecified atom stereocenters. The molecule has 0 heterocycles. The van der Waals surface area contributed by atoms with E-state index in [1.54, 1.807) is 31.2 Å². The maximum atomic E-state index is 12.2. The zero-order valence-electron chi connectivity index (χ0n) is 12.8. The third-order valence-electron chi connectivity index (χ3n) is 3.31. The Morgan fingerprint density at radius 3 is 2.45 bits per heavy atom. The van der Waals surface area contributed by atoms with Crippen molar-refractivity contribution in [3.63, 3.8) is 0 Å².